The summed E-state index contributed by atoms with van der Waals surface area (Å²) in [7, 11) is 0. The summed E-state index contributed by atoms with van der Waals surface area (Å²) in [5.74, 6) is 0.0407. The van der Waals surface area contributed by atoms with Crippen molar-refractivity contribution in [3.05, 3.63) is 99.3 Å². The summed E-state index contributed by atoms with van der Waals surface area (Å²) < 4.78 is 5.86. The van der Waals surface area contributed by atoms with Gasteiger partial charge < -0.3 is 4.42 Å². The number of fused-ring (bicyclic) bond motifs is 2. The van der Waals surface area contributed by atoms with Crippen LogP contribution in [0.25, 0.3) is 11.0 Å². The molecule has 4 aromatic rings. The number of pyridine rings is 2. The van der Waals surface area contributed by atoms with Crippen LogP contribution < -0.4 is 10.3 Å². The summed E-state index contributed by atoms with van der Waals surface area (Å²) in [6, 6.07) is 12.9. The van der Waals surface area contributed by atoms with E-state index < -0.39 is 11.9 Å². The first kappa shape index (κ1) is 16.6. The standard InChI is InChI=1S/C21H12ClN3O3/c22-13-4-5-15-14(11-13)19(26)17-18(12-6-9-23-10-7-12)25(21(27)20(17)28-15)16-3-1-2-8-24-16/h1-11,18H/t18-/m1/s1. The molecule has 1 amide bonds. The molecule has 0 saturated heterocycles. The highest BCUT2D eigenvalue weighted by molar-refractivity contribution is 6.31. The van der Waals surface area contributed by atoms with E-state index >= 15 is 0 Å². The Balaban J connectivity index is 1.84. The third-order valence-electron chi connectivity index (χ3n) is 4.75. The normalized spacial score (nSPS) is 15.8. The molecule has 0 radical (unpaired) electrons. The van der Waals surface area contributed by atoms with Gasteiger partial charge in [0.2, 0.25) is 5.76 Å². The first-order chi connectivity index (χ1) is 13.6. The van der Waals surface area contributed by atoms with E-state index in [1.54, 1.807) is 67.1 Å². The number of anilines is 1. The van der Waals surface area contributed by atoms with Gasteiger partial charge in [-0.1, -0.05) is 17.7 Å². The van der Waals surface area contributed by atoms with Gasteiger partial charge in [0.25, 0.3) is 5.91 Å². The largest absolute Gasteiger partial charge is 0.450 e. The Morgan fingerprint density at radius 2 is 1.82 bits per heavy atom. The van der Waals surface area contributed by atoms with Crippen molar-refractivity contribution in [2.24, 2.45) is 0 Å². The monoisotopic (exact) mass is 389 g/mol. The van der Waals surface area contributed by atoms with E-state index in [1.807, 2.05) is 0 Å². The first-order valence-electron chi connectivity index (χ1n) is 8.56. The van der Waals surface area contributed by atoms with E-state index in [2.05, 4.69) is 9.97 Å². The molecule has 4 heterocycles. The Bertz CT molecular complexity index is 1270. The van der Waals surface area contributed by atoms with Crippen LogP contribution in [0.1, 0.15) is 27.7 Å². The second-order valence-electron chi connectivity index (χ2n) is 6.36. The van der Waals surface area contributed by atoms with Crippen LogP contribution in [0.2, 0.25) is 5.02 Å². The average molecular weight is 390 g/mol. The Morgan fingerprint density at radius 1 is 1.00 bits per heavy atom. The van der Waals surface area contributed by atoms with Crippen molar-refractivity contribution < 1.29 is 9.21 Å². The van der Waals surface area contributed by atoms with Gasteiger partial charge in [0.05, 0.1) is 17.0 Å². The van der Waals surface area contributed by atoms with Crippen LogP contribution in [0.5, 0.6) is 0 Å². The van der Waals surface area contributed by atoms with Crippen LogP contribution in [0.4, 0.5) is 5.82 Å². The van der Waals surface area contributed by atoms with Crippen LogP contribution in [-0.2, 0) is 0 Å². The van der Waals surface area contributed by atoms with Gasteiger partial charge in [-0.05, 0) is 48.0 Å². The second kappa shape index (κ2) is 6.28. The van der Waals surface area contributed by atoms with Gasteiger partial charge in [0, 0.05) is 23.6 Å². The third-order valence-corrected chi connectivity index (χ3v) is 4.99. The Labute approximate surface area is 164 Å². The second-order valence-corrected chi connectivity index (χ2v) is 6.80. The Morgan fingerprint density at radius 3 is 2.57 bits per heavy atom. The number of nitrogens with zero attached hydrogens (tertiary/aromatic N) is 3. The molecule has 0 saturated carbocycles. The molecule has 0 fully saturated rings. The predicted octanol–water partition coefficient (Wildman–Crippen LogP) is 3.99. The van der Waals surface area contributed by atoms with E-state index in [0.29, 0.717) is 21.8 Å². The minimum atomic E-state index is -0.667. The number of amides is 1. The highest BCUT2D eigenvalue weighted by Crippen LogP contribution is 2.40. The lowest BCUT2D eigenvalue weighted by Gasteiger charge is -2.23. The lowest BCUT2D eigenvalue weighted by atomic mass is 9.99. The fourth-order valence-corrected chi connectivity index (χ4v) is 3.71. The predicted molar refractivity (Wildman–Crippen MR) is 105 cm³/mol. The van der Waals surface area contributed by atoms with Crippen LogP contribution in [0.3, 0.4) is 0 Å². The highest BCUT2D eigenvalue weighted by Gasteiger charge is 2.44. The van der Waals surface area contributed by atoms with Crippen molar-refractivity contribution in [3.63, 3.8) is 0 Å². The molecule has 1 aromatic carbocycles. The number of aromatic nitrogens is 2. The number of benzene rings is 1. The number of hydrogen-bond donors (Lipinski definition) is 0. The summed E-state index contributed by atoms with van der Waals surface area (Å²) in [6.07, 6.45) is 4.84. The van der Waals surface area contributed by atoms with Gasteiger partial charge in [-0.15, -0.1) is 0 Å². The highest BCUT2D eigenvalue weighted by atomic mass is 35.5. The molecule has 0 aliphatic carbocycles. The molecule has 0 spiro atoms. The third kappa shape index (κ3) is 2.42. The number of halogens is 1. The SMILES string of the molecule is O=C1c2oc3ccc(Cl)cc3c(=O)c2[C@@H](c2ccncc2)N1c1ccccn1. The summed E-state index contributed by atoms with van der Waals surface area (Å²) in [6.45, 7) is 0. The van der Waals surface area contributed by atoms with E-state index in [9.17, 15) is 9.59 Å². The van der Waals surface area contributed by atoms with Gasteiger partial charge in [-0.2, -0.15) is 0 Å². The maximum atomic E-state index is 13.3. The molecule has 6 nitrogen and oxygen atoms in total. The van der Waals surface area contributed by atoms with Crippen LogP contribution in [0, 0.1) is 0 Å². The van der Waals surface area contributed by atoms with Crippen molar-refractivity contribution in [1.82, 2.24) is 9.97 Å². The molecule has 7 heteroatoms. The van der Waals surface area contributed by atoms with Crippen LogP contribution in [-0.4, -0.2) is 15.9 Å². The quantitative estimate of drug-likeness (QED) is 0.518. The van der Waals surface area contributed by atoms with Gasteiger partial charge in [-0.25, -0.2) is 4.98 Å². The van der Waals surface area contributed by atoms with Crippen LogP contribution in [0.15, 0.2) is 76.3 Å². The molecule has 5 rings (SSSR count). The molecule has 0 unspecified atom stereocenters. The smallest absolute Gasteiger partial charge is 0.296 e. The average Bonchev–Trinajstić information content (AvgIpc) is 3.03. The summed E-state index contributed by atoms with van der Waals surface area (Å²) in [5, 5.41) is 0.757. The summed E-state index contributed by atoms with van der Waals surface area (Å²) in [5.41, 5.74) is 1.04. The molecule has 28 heavy (non-hydrogen) atoms. The first-order valence-corrected chi connectivity index (χ1v) is 8.94. The summed E-state index contributed by atoms with van der Waals surface area (Å²) >= 11 is 6.07. The van der Waals surface area contributed by atoms with Crippen LogP contribution >= 0.6 is 11.6 Å². The number of rotatable bonds is 2. The molecule has 136 valence electrons. The Hall–Kier alpha value is -3.51. The minimum absolute atomic E-state index is 0.0206. The topological polar surface area (TPSA) is 76.3 Å². The van der Waals surface area contributed by atoms with Crippen molar-refractivity contribution >= 4 is 34.3 Å². The van der Waals surface area contributed by atoms with Crippen molar-refractivity contribution in [1.29, 1.82) is 0 Å². The van der Waals surface area contributed by atoms with Gasteiger partial charge >= 0.3 is 0 Å². The lowest BCUT2D eigenvalue weighted by Crippen LogP contribution is -2.30. The molecule has 1 aliphatic heterocycles. The number of carbonyl (C=O) groups excluding carboxylic acids is 1. The molecule has 1 aliphatic rings. The van der Waals surface area contributed by atoms with E-state index in [4.69, 9.17) is 16.0 Å². The summed E-state index contributed by atoms with van der Waals surface area (Å²) in [4.78, 5) is 36.4. The van der Waals surface area contributed by atoms with E-state index in [1.165, 1.54) is 4.90 Å². The zero-order valence-corrected chi connectivity index (χ0v) is 15.1. The molecular weight excluding hydrogens is 378 g/mol. The zero-order chi connectivity index (χ0) is 19.3. The van der Waals surface area contributed by atoms with Gasteiger partial charge in [-0.3, -0.25) is 19.5 Å². The zero-order valence-electron chi connectivity index (χ0n) is 14.4. The lowest BCUT2D eigenvalue weighted by molar-refractivity contribution is 0.0970. The van der Waals surface area contributed by atoms with E-state index in [0.717, 1.165) is 5.56 Å². The fourth-order valence-electron chi connectivity index (χ4n) is 3.54. The molecule has 0 N–H and O–H groups in total. The Kier molecular flexibility index (Phi) is 3.74. The fraction of sp³-hybridized carbons (Fsp3) is 0.0476. The molecule has 0 bridgehead atoms. The minimum Gasteiger partial charge on any atom is -0.450 e. The van der Waals surface area contributed by atoms with Crippen molar-refractivity contribution in [2.45, 2.75) is 6.04 Å². The molecule has 1 atom stereocenters. The van der Waals surface area contributed by atoms with E-state index in [-0.39, 0.29) is 16.8 Å². The maximum Gasteiger partial charge on any atom is 0.296 e. The molecule has 3 aromatic heterocycles. The molecular formula is C21H12ClN3O3. The number of carbonyl (C=O) groups is 1. The van der Waals surface area contributed by atoms with Gasteiger partial charge in [0.15, 0.2) is 5.43 Å². The maximum absolute atomic E-state index is 13.3. The number of hydrogen-bond acceptors (Lipinski definition) is 5. The van der Waals surface area contributed by atoms with Gasteiger partial charge in [0.1, 0.15) is 11.4 Å². The van der Waals surface area contributed by atoms with Crippen molar-refractivity contribution in [3.8, 4) is 0 Å². The van der Waals surface area contributed by atoms with Crippen molar-refractivity contribution in [2.75, 3.05) is 4.90 Å².